The summed E-state index contributed by atoms with van der Waals surface area (Å²) in [4.78, 5) is 26.5. The molecule has 0 saturated carbocycles. The predicted molar refractivity (Wildman–Crippen MR) is 110 cm³/mol. The van der Waals surface area contributed by atoms with E-state index in [4.69, 9.17) is 18.9 Å². The number of rotatable bonds is 6. The van der Waals surface area contributed by atoms with E-state index in [1.54, 1.807) is 18.2 Å². The highest BCUT2D eigenvalue weighted by molar-refractivity contribution is 6.29. The quantitative estimate of drug-likeness (QED) is 0.483. The van der Waals surface area contributed by atoms with Gasteiger partial charge in [-0.05, 0) is 29.8 Å². The molecular formula is C24H20O6. The first-order valence-electron chi connectivity index (χ1n) is 9.32. The lowest BCUT2D eigenvalue weighted by Gasteiger charge is -2.22. The van der Waals surface area contributed by atoms with Crippen LogP contribution in [0.2, 0.25) is 0 Å². The second-order valence-corrected chi connectivity index (χ2v) is 6.70. The van der Waals surface area contributed by atoms with Gasteiger partial charge in [0.05, 0.1) is 26.9 Å². The Kier molecular flexibility index (Phi) is 5.14. The maximum atomic E-state index is 13.3. The summed E-state index contributed by atoms with van der Waals surface area (Å²) in [6.07, 6.45) is 0. The van der Waals surface area contributed by atoms with Crippen molar-refractivity contribution in [1.82, 2.24) is 0 Å². The number of fused-ring (bicyclic) bond motifs is 2. The van der Waals surface area contributed by atoms with Crippen LogP contribution in [0.4, 0.5) is 0 Å². The summed E-state index contributed by atoms with van der Waals surface area (Å²) in [5.74, 6) is 0.773. The summed E-state index contributed by atoms with van der Waals surface area (Å²) < 4.78 is 22.0. The third-order valence-corrected chi connectivity index (χ3v) is 5.05. The topological polar surface area (TPSA) is 71.1 Å². The maximum Gasteiger partial charge on any atom is 0.198 e. The van der Waals surface area contributed by atoms with Gasteiger partial charge in [-0.15, -0.1) is 0 Å². The highest BCUT2D eigenvalue weighted by Crippen LogP contribution is 2.42. The standard InChI is InChI=1S/C24H20O6/c1-27-18-10-9-15-21(24(18)29-3)23(26)17-11-19(28-2)20(12-16(17)22(15)25)30-13-14-7-5-4-6-8-14/h4-12H,13H2,1-3H3. The van der Waals surface area contributed by atoms with E-state index in [1.807, 2.05) is 30.3 Å². The zero-order chi connectivity index (χ0) is 21.3. The molecule has 1 aliphatic carbocycles. The van der Waals surface area contributed by atoms with E-state index in [0.717, 1.165) is 5.56 Å². The van der Waals surface area contributed by atoms with Crippen LogP contribution in [0, 0.1) is 0 Å². The van der Waals surface area contributed by atoms with E-state index in [-0.39, 0.29) is 39.6 Å². The molecule has 3 aromatic carbocycles. The number of ether oxygens (including phenoxy) is 4. The van der Waals surface area contributed by atoms with Gasteiger partial charge in [0.25, 0.3) is 0 Å². The number of benzene rings is 3. The molecule has 0 fully saturated rings. The monoisotopic (exact) mass is 404 g/mol. The van der Waals surface area contributed by atoms with E-state index in [9.17, 15) is 9.59 Å². The van der Waals surface area contributed by atoms with Gasteiger partial charge in [0.15, 0.2) is 34.6 Å². The van der Waals surface area contributed by atoms with Gasteiger partial charge in [0, 0.05) is 16.7 Å². The molecule has 0 aromatic heterocycles. The Morgan fingerprint density at radius 1 is 0.667 bits per heavy atom. The van der Waals surface area contributed by atoms with E-state index in [1.165, 1.54) is 27.4 Å². The van der Waals surface area contributed by atoms with Gasteiger partial charge in [-0.2, -0.15) is 0 Å². The molecule has 0 saturated heterocycles. The fraction of sp³-hybridized carbons (Fsp3) is 0.167. The normalized spacial score (nSPS) is 12.1. The van der Waals surface area contributed by atoms with E-state index >= 15 is 0 Å². The highest BCUT2D eigenvalue weighted by Gasteiger charge is 2.35. The molecule has 0 aliphatic heterocycles. The molecule has 3 aromatic rings. The van der Waals surface area contributed by atoms with E-state index in [2.05, 4.69) is 0 Å². The molecule has 0 amide bonds. The summed E-state index contributed by atoms with van der Waals surface area (Å²) in [5.41, 5.74) is 1.94. The van der Waals surface area contributed by atoms with Crippen LogP contribution < -0.4 is 18.9 Å². The van der Waals surface area contributed by atoms with Crippen LogP contribution in [0.15, 0.2) is 54.6 Å². The summed E-state index contributed by atoms with van der Waals surface area (Å²) in [5, 5.41) is 0. The van der Waals surface area contributed by atoms with Crippen molar-refractivity contribution in [2.45, 2.75) is 6.61 Å². The summed E-state index contributed by atoms with van der Waals surface area (Å²) >= 11 is 0. The lowest BCUT2D eigenvalue weighted by Crippen LogP contribution is -2.22. The predicted octanol–water partition coefficient (Wildman–Crippen LogP) is 4.07. The second kappa shape index (κ2) is 7.91. The van der Waals surface area contributed by atoms with Crippen molar-refractivity contribution in [1.29, 1.82) is 0 Å². The number of ketones is 2. The van der Waals surface area contributed by atoms with Gasteiger partial charge in [-0.25, -0.2) is 0 Å². The van der Waals surface area contributed by atoms with Crippen molar-refractivity contribution in [2.75, 3.05) is 21.3 Å². The maximum absolute atomic E-state index is 13.3. The van der Waals surface area contributed by atoms with Crippen molar-refractivity contribution in [3.63, 3.8) is 0 Å². The molecule has 0 bridgehead atoms. The fourth-order valence-corrected chi connectivity index (χ4v) is 3.56. The first-order chi connectivity index (χ1) is 14.6. The molecular weight excluding hydrogens is 384 g/mol. The van der Waals surface area contributed by atoms with Gasteiger partial charge < -0.3 is 18.9 Å². The Morgan fingerprint density at radius 2 is 1.33 bits per heavy atom. The SMILES string of the molecule is COc1cc2c(cc1OCc1ccccc1)C(=O)c1ccc(OC)c(OC)c1C2=O. The first-order valence-corrected chi connectivity index (χ1v) is 9.32. The van der Waals surface area contributed by atoms with Crippen molar-refractivity contribution in [3.8, 4) is 23.0 Å². The van der Waals surface area contributed by atoms with Crippen LogP contribution in [0.5, 0.6) is 23.0 Å². The Hall–Kier alpha value is -3.80. The molecule has 0 heterocycles. The summed E-state index contributed by atoms with van der Waals surface area (Å²) in [6.45, 7) is 0.305. The Bertz CT molecular complexity index is 1130. The number of carbonyl (C=O) groups is 2. The van der Waals surface area contributed by atoms with Crippen LogP contribution >= 0.6 is 0 Å². The number of carbonyl (C=O) groups excluding carboxylic acids is 2. The third-order valence-electron chi connectivity index (χ3n) is 5.05. The molecule has 1 aliphatic rings. The minimum absolute atomic E-state index is 0.189. The minimum Gasteiger partial charge on any atom is -0.493 e. The molecule has 0 spiro atoms. The first kappa shape index (κ1) is 19.5. The van der Waals surface area contributed by atoms with E-state index < -0.39 is 0 Å². The molecule has 152 valence electrons. The molecule has 0 atom stereocenters. The van der Waals surface area contributed by atoms with Gasteiger partial charge in [-0.1, -0.05) is 30.3 Å². The van der Waals surface area contributed by atoms with Crippen LogP contribution in [0.25, 0.3) is 0 Å². The number of hydrogen-bond acceptors (Lipinski definition) is 6. The van der Waals surface area contributed by atoms with Crippen LogP contribution in [0.3, 0.4) is 0 Å². The van der Waals surface area contributed by atoms with Crippen molar-refractivity contribution in [2.24, 2.45) is 0 Å². The number of methoxy groups -OCH3 is 3. The molecule has 30 heavy (non-hydrogen) atoms. The van der Waals surface area contributed by atoms with Gasteiger partial charge in [0.2, 0.25) is 0 Å². The van der Waals surface area contributed by atoms with Crippen molar-refractivity contribution < 1.29 is 28.5 Å². The molecule has 0 unspecified atom stereocenters. The minimum atomic E-state index is -0.330. The summed E-state index contributed by atoms with van der Waals surface area (Å²) in [7, 11) is 4.41. The molecule has 4 rings (SSSR count). The van der Waals surface area contributed by atoms with Crippen molar-refractivity contribution >= 4 is 11.6 Å². The Labute approximate surface area is 174 Å². The van der Waals surface area contributed by atoms with Crippen LogP contribution in [-0.2, 0) is 6.61 Å². The largest absolute Gasteiger partial charge is 0.493 e. The smallest absolute Gasteiger partial charge is 0.198 e. The van der Waals surface area contributed by atoms with Crippen molar-refractivity contribution in [3.05, 3.63) is 82.4 Å². The average Bonchev–Trinajstić information content (AvgIpc) is 2.80. The highest BCUT2D eigenvalue weighted by atomic mass is 16.5. The summed E-state index contributed by atoms with van der Waals surface area (Å²) in [6, 6.07) is 15.9. The van der Waals surface area contributed by atoms with Gasteiger partial charge >= 0.3 is 0 Å². The Balaban J connectivity index is 1.78. The van der Waals surface area contributed by atoms with Gasteiger partial charge in [-0.3, -0.25) is 9.59 Å². The van der Waals surface area contributed by atoms with E-state index in [0.29, 0.717) is 23.9 Å². The molecule has 6 nitrogen and oxygen atoms in total. The van der Waals surface area contributed by atoms with Gasteiger partial charge in [0.1, 0.15) is 6.61 Å². The number of hydrogen-bond donors (Lipinski definition) is 0. The average molecular weight is 404 g/mol. The molecule has 0 N–H and O–H groups in total. The zero-order valence-corrected chi connectivity index (χ0v) is 16.9. The lowest BCUT2D eigenvalue weighted by atomic mass is 9.83. The zero-order valence-electron chi connectivity index (χ0n) is 16.9. The van der Waals surface area contributed by atoms with Crippen LogP contribution in [0.1, 0.15) is 37.4 Å². The lowest BCUT2D eigenvalue weighted by molar-refractivity contribution is 0.0975. The molecule has 0 radical (unpaired) electrons. The molecule has 6 heteroatoms. The van der Waals surface area contributed by atoms with Crippen LogP contribution in [-0.4, -0.2) is 32.9 Å². The third kappa shape index (κ3) is 3.16. The second-order valence-electron chi connectivity index (χ2n) is 6.70. The fourth-order valence-electron chi connectivity index (χ4n) is 3.56. The Morgan fingerprint density at radius 3 is 2.00 bits per heavy atom.